The Morgan fingerprint density at radius 3 is 2.53 bits per heavy atom. The van der Waals surface area contributed by atoms with Crippen LogP contribution in [0, 0.1) is 5.92 Å². The molecule has 0 spiro atoms. The van der Waals surface area contributed by atoms with Crippen molar-refractivity contribution in [3.8, 4) is 0 Å². The second-order valence-electron chi connectivity index (χ2n) is 6.41. The summed E-state index contributed by atoms with van der Waals surface area (Å²) in [5.74, 6) is 3.10. The van der Waals surface area contributed by atoms with Gasteiger partial charge in [0.2, 0.25) is 0 Å². The average Bonchev–Trinajstić information content (AvgIpc) is 2.33. The molecule has 2 fully saturated rings. The van der Waals surface area contributed by atoms with Gasteiger partial charge < -0.3 is 0 Å². The minimum absolute atomic E-state index is 0.935. The van der Waals surface area contributed by atoms with Crippen LogP contribution in [0.3, 0.4) is 0 Å². The lowest BCUT2D eigenvalue weighted by Crippen LogP contribution is -2.26. The molecule has 2 saturated heterocycles. The summed E-state index contributed by atoms with van der Waals surface area (Å²) in [6.07, 6.45) is 19.6. The SMILES string of the molecule is CCCCCCC=CC1CC2BC(CCC2)C1. The summed E-state index contributed by atoms with van der Waals surface area (Å²) in [4.78, 5) is 0. The van der Waals surface area contributed by atoms with Crippen LogP contribution in [0.1, 0.15) is 71.1 Å². The van der Waals surface area contributed by atoms with Crippen LogP contribution in [-0.4, -0.2) is 7.28 Å². The summed E-state index contributed by atoms with van der Waals surface area (Å²) in [6.45, 7) is 2.29. The normalized spacial score (nSPS) is 32.6. The smallest absolute Gasteiger partial charge is 0.0883 e. The molecule has 2 bridgehead atoms. The molecule has 0 radical (unpaired) electrons. The monoisotopic (exact) mass is 232 g/mol. The predicted molar refractivity (Wildman–Crippen MR) is 79.1 cm³/mol. The van der Waals surface area contributed by atoms with Crippen LogP contribution in [0.15, 0.2) is 12.2 Å². The lowest BCUT2D eigenvalue weighted by atomic mass is 9.42. The van der Waals surface area contributed by atoms with Crippen LogP contribution in [0.4, 0.5) is 0 Å². The maximum Gasteiger partial charge on any atom is 0.127 e. The van der Waals surface area contributed by atoms with Gasteiger partial charge in [-0.25, -0.2) is 0 Å². The number of allylic oxidation sites excluding steroid dienone is 2. The third-order valence-corrected chi connectivity index (χ3v) is 4.80. The van der Waals surface area contributed by atoms with Gasteiger partial charge in [-0.1, -0.05) is 82.1 Å². The molecular formula is C16H29B. The summed E-state index contributed by atoms with van der Waals surface area (Å²) in [5.41, 5.74) is 0. The first-order chi connectivity index (χ1) is 8.38. The largest absolute Gasteiger partial charge is 0.127 e. The van der Waals surface area contributed by atoms with Crippen molar-refractivity contribution in [2.24, 2.45) is 5.92 Å². The van der Waals surface area contributed by atoms with Gasteiger partial charge >= 0.3 is 0 Å². The molecule has 17 heavy (non-hydrogen) atoms. The molecule has 2 aliphatic heterocycles. The highest BCUT2D eigenvalue weighted by Crippen LogP contribution is 2.44. The van der Waals surface area contributed by atoms with E-state index < -0.39 is 0 Å². The maximum atomic E-state index is 2.57. The van der Waals surface area contributed by atoms with E-state index in [-0.39, 0.29) is 0 Å². The first-order valence-electron chi connectivity index (χ1n) is 8.05. The Labute approximate surface area is 108 Å². The predicted octanol–water partition coefficient (Wildman–Crippen LogP) is 5.12. The summed E-state index contributed by atoms with van der Waals surface area (Å²) in [6, 6.07) is 0. The van der Waals surface area contributed by atoms with Crippen LogP contribution >= 0.6 is 0 Å². The zero-order valence-corrected chi connectivity index (χ0v) is 11.7. The molecule has 0 N–H and O–H groups in total. The summed E-state index contributed by atoms with van der Waals surface area (Å²) in [7, 11) is 1.56. The van der Waals surface area contributed by atoms with E-state index in [9.17, 15) is 0 Å². The fraction of sp³-hybridized carbons (Fsp3) is 0.875. The van der Waals surface area contributed by atoms with Gasteiger partial charge in [0.05, 0.1) is 0 Å². The van der Waals surface area contributed by atoms with Crippen LogP contribution < -0.4 is 0 Å². The van der Waals surface area contributed by atoms with Gasteiger partial charge in [-0.3, -0.25) is 0 Å². The molecule has 0 aromatic rings. The summed E-state index contributed by atoms with van der Waals surface area (Å²) >= 11 is 0. The molecule has 0 saturated carbocycles. The van der Waals surface area contributed by atoms with E-state index in [0.717, 1.165) is 17.6 Å². The van der Waals surface area contributed by atoms with Crippen LogP contribution in [0.2, 0.25) is 11.6 Å². The Bertz CT molecular complexity index is 222. The Balaban J connectivity index is 1.63. The van der Waals surface area contributed by atoms with Crippen molar-refractivity contribution in [2.75, 3.05) is 0 Å². The molecule has 2 atom stereocenters. The Morgan fingerprint density at radius 2 is 1.82 bits per heavy atom. The Kier molecular flexibility index (Phi) is 5.68. The van der Waals surface area contributed by atoms with E-state index in [1.807, 2.05) is 0 Å². The van der Waals surface area contributed by atoms with Crippen LogP contribution in [-0.2, 0) is 0 Å². The van der Waals surface area contributed by atoms with Crippen molar-refractivity contribution in [1.82, 2.24) is 0 Å². The van der Waals surface area contributed by atoms with Gasteiger partial charge in [0.1, 0.15) is 7.28 Å². The number of hydrogen-bond donors (Lipinski definition) is 0. The molecule has 1 heteroatoms. The lowest BCUT2D eigenvalue weighted by molar-refractivity contribution is 0.392. The minimum atomic E-state index is 0.935. The standard InChI is InChI=1S/C16H29B/c1-2-3-4-5-6-7-9-14-12-15-10-8-11-16(13-14)17-15/h7,9,14-17H,2-6,8,10-13H2,1H3. The van der Waals surface area contributed by atoms with E-state index in [0.29, 0.717) is 0 Å². The Hall–Kier alpha value is -0.195. The molecule has 2 heterocycles. The van der Waals surface area contributed by atoms with Gasteiger partial charge in [-0.2, -0.15) is 0 Å². The minimum Gasteiger partial charge on any atom is -0.0883 e. The van der Waals surface area contributed by atoms with E-state index in [1.54, 1.807) is 7.28 Å². The van der Waals surface area contributed by atoms with Crippen LogP contribution in [0.5, 0.6) is 0 Å². The molecule has 96 valence electrons. The molecule has 0 aromatic heterocycles. The van der Waals surface area contributed by atoms with Crippen molar-refractivity contribution in [3.05, 3.63) is 12.2 Å². The molecule has 0 aromatic carbocycles. The fourth-order valence-electron chi connectivity index (χ4n) is 3.92. The summed E-state index contributed by atoms with van der Waals surface area (Å²) < 4.78 is 0. The van der Waals surface area contributed by atoms with Crippen molar-refractivity contribution in [1.29, 1.82) is 0 Å². The second-order valence-corrected chi connectivity index (χ2v) is 6.41. The molecule has 0 nitrogen and oxygen atoms in total. The zero-order chi connectivity index (χ0) is 11.9. The van der Waals surface area contributed by atoms with E-state index in [1.165, 1.54) is 64.2 Å². The van der Waals surface area contributed by atoms with Gasteiger partial charge in [0, 0.05) is 0 Å². The molecule has 2 rings (SSSR count). The number of unbranched alkanes of at least 4 members (excludes halogenated alkanes) is 4. The average molecular weight is 232 g/mol. The number of hydrogen-bond acceptors (Lipinski definition) is 0. The third-order valence-electron chi connectivity index (χ3n) is 4.80. The molecule has 2 aliphatic rings. The highest BCUT2D eigenvalue weighted by Gasteiger charge is 2.31. The molecular weight excluding hydrogens is 203 g/mol. The first-order valence-corrected chi connectivity index (χ1v) is 8.05. The van der Waals surface area contributed by atoms with Gasteiger partial charge in [0.15, 0.2) is 0 Å². The molecule has 2 unspecified atom stereocenters. The van der Waals surface area contributed by atoms with Gasteiger partial charge in [-0.05, 0) is 18.8 Å². The summed E-state index contributed by atoms with van der Waals surface area (Å²) in [5, 5.41) is 0. The van der Waals surface area contributed by atoms with E-state index in [2.05, 4.69) is 19.1 Å². The third kappa shape index (κ3) is 4.52. The first kappa shape index (κ1) is 13.2. The highest BCUT2D eigenvalue weighted by atomic mass is 14.3. The van der Waals surface area contributed by atoms with E-state index in [4.69, 9.17) is 0 Å². The van der Waals surface area contributed by atoms with Crippen molar-refractivity contribution < 1.29 is 0 Å². The van der Waals surface area contributed by atoms with Crippen LogP contribution in [0.25, 0.3) is 0 Å². The van der Waals surface area contributed by atoms with Gasteiger partial charge in [0.25, 0.3) is 0 Å². The number of rotatable bonds is 6. The van der Waals surface area contributed by atoms with Crippen molar-refractivity contribution in [3.63, 3.8) is 0 Å². The molecule has 0 amide bonds. The number of fused-ring (bicyclic) bond motifs is 2. The topological polar surface area (TPSA) is 0 Å². The second kappa shape index (κ2) is 7.29. The highest BCUT2D eigenvalue weighted by molar-refractivity contribution is 6.40. The van der Waals surface area contributed by atoms with Crippen molar-refractivity contribution in [2.45, 2.75) is 82.8 Å². The van der Waals surface area contributed by atoms with E-state index >= 15 is 0 Å². The van der Waals surface area contributed by atoms with Crippen molar-refractivity contribution >= 4 is 7.28 Å². The van der Waals surface area contributed by atoms with Gasteiger partial charge in [-0.15, -0.1) is 0 Å². The quantitative estimate of drug-likeness (QED) is 0.338. The zero-order valence-electron chi connectivity index (χ0n) is 11.7. The molecule has 0 aliphatic carbocycles. The fourth-order valence-corrected chi connectivity index (χ4v) is 3.92. The lowest BCUT2D eigenvalue weighted by Gasteiger charge is -2.37. The Morgan fingerprint density at radius 1 is 1.06 bits per heavy atom. The maximum absolute atomic E-state index is 2.57.